The van der Waals surface area contributed by atoms with E-state index in [1.807, 2.05) is 6.92 Å². The molecule has 0 fully saturated rings. The van der Waals surface area contributed by atoms with E-state index in [1.165, 1.54) is 26.2 Å². The molecule has 184 valence electrons. The summed E-state index contributed by atoms with van der Waals surface area (Å²) in [5, 5.41) is 13.1. The number of carbonyl (C=O) groups is 1. The molecule has 0 radical (unpaired) electrons. The summed E-state index contributed by atoms with van der Waals surface area (Å²) in [7, 11) is 2.58. The molecule has 1 heterocycles. The van der Waals surface area contributed by atoms with Crippen LogP contribution >= 0.6 is 27.7 Å². The van der Waals surface area contributed by atoms with Crippen molar-refractivity contribution >= 4 is 50.0 Å². The highest BCUT2D eigenvalue weighted by molar-refractivity contribution is 9.10. The number of aromatic nitrogens is 2. The van der Waals surface area contributed by atoms with Crippen LogP contribution in [-0.4, -0.2) is 37.6 Å². The largest absolute Gasteiger partial charge is 0.494 e. The first-order valence-corrected chi connectivity index (χ1v) is 12.1. The summed E-state index contributed by atoms with van der Waals surface area (Å²) >= 11 is 4.01. The third-order valence-electron chi connectivity index (χ3n) is 4.77. The van der Waals surface area contributed by atoms with Gasteiger partial charge in [-0.25, -0.2) is 14.2 Å². The van der Waals surface area contributed by atoms with E-state index in [4.69, 9.17) is 4.74 Å². The number of aliphatic imine (C=N–C) groups is 1. The smallest absolute Gasteiger partial charge is 0.333 e. The van der Waals surface area contributed by atoms with E-state index in [-0.39, 0.29) is 22.0 Å². The molecule has 0 spiro atoms. The number of rotatable bonds is 7. The van der Waals surface area contributed by atoms with Crippen molar-refractivity contribution in [2.24, 2.45) is 19.1 Å². The van der Waals surface area contributed by atoms with Crippen LogP contribution in [0.1, 0.15) is 12.5 Å². The van der Waals surface area contributed by atoms with E-state index in [2.05, 4.69) is 26.2 Å². The minimum absolute atomic E-state index is 0.00860. The van der Waals surface area contributed by atoms with E-state index in [0.717, 1.165) is 20.9 Å². The maximum Gasteiger partial charge on any atom is 0.333 e. The topological polar surface area (TPSA) is 115 Å². The number of halogens is 2. The first-order valence-electron chi connectivity index (χ1n) is 10.3. The third-order valence-corrected chi connectivity index (χ3v) is 6.24. The number of amides is 1. The van der Waals surface area contributed by atoms with Gasteiger partial charge in [-0.05, 0) is 49.4 Å². The lowest BCUT2D eigenvalue weighted by Crippen LogP contribution is -2.39. The Hall–Kier alpha value is -3.38. The number of carbonyl (C=O) groups excluding carboxylic acids is 1. The van der Waals surface area contributed by atoms with Crippen molar-refractivity contribution in [2.45, 2.75) is 6.92 Å². The summed E-state index contributed by atoms with van der Waals surface area (Å²) in [4.78, 5) is 42.0. The predicted octanol–water partition coefficient (Wildman–Crippen LogP) is 3.54. The van der Waals surface area contributed by atoms with Crippen LogP contribution in [0.25, 0.3) is 0 Å². The molecular formula is C23H22BrFN4O5S. The molecule has 0 atom stereocenters. The van der Waals surface area contributed by atoms with Crippen LogP contribution in [0.3, 0.4) is 0 Å². The fraction of sp³-hybridized carbons (Fsp3) is 0.217. The molecule has 3 aromatic rings. The number of benzene rings is 2. The SMILES string of the molecule is CCOc1ccc(N=C(SCC(=O)Nc2ccc(Br)cc2F)c2c(O)n(C)c(=O)n(C)c2=O)cc1. The Morgan fingerprint density at radius 1 is 1.17 bits per heavy atom. The zero-order chi connectivity index (χ0) is 25.7. The Labute approximate surface area is 212 Å². The van der Waals surface area contributed by atoms with Crippen LogP contribution in [-0.2, 0) is 18.9 Å². The molecule has 0 aliphatic heterocycles. The van der Waals surface area contributed by atoms with Crippen LogP contribution in [0, 0.1) is 5.82 Å². The summed E-state index contributed by atoms with van der Waals surface area (Å²) in [6, 6.07) is 10.9. The Balaban J connectivity index is 1.97. The second-order valence-electron chi connectivity index (χ2n) is 7.21. The van der Waals surface area contributed by atoms with Crippen molar-refractivity contribution in [3.05, 3.63) is 79.2 Å². The van der Waals surface area contributed by atoms with Crippen molar-refractivity contribution in [3.63, 3.8) is 0 Å². The highest BCUT2D eigenvalue weighted by Crippen LogP contribution is 2.25. The van der Waals surface area contributed by atoms with Gasteiger partial charge in [-0.1, -0.05) is 27.7 Å². The van der Waals surface area contributed by atoms with Crippen molar-refractivity contribution in [1.82, 2.24) is 9.13 Å². The number of ether oxygens (including phenoxy) is 1. The zero-order valence-corrected chi connectivity index (χ0v) is 21.4. The van der Waals surface area contributed by atoms with Crippen molar-refractivity contribution in [1.29, 1.82) is 0 Å². The zero-order valence-electron chi connectivity index (χ0n) is 19.0. The van der Waals surface area contributed by atoms with Crippen LogP contribution in [0.4, 0.5) is 15.8 Å². The Kier molecular flexibility index (Phi) is 8.52. The highest BCUT2D eigenvalue weighted by atomic mass is 79.9. The van der Waals surface area contributed by atoms with E-state index in [0.29, 0.717) is 22.5 Å². The first-order chi connectivity index (χ1) is 16.6. The average Bonchev–Trinajstić information content (AvgIpc) is 2.83. The number of anilines is 1. The lowest BCUT2D eigenvalue weighted by molar-refractivity contribution is -0.113. The van der Waals surface area contributed by atoms with Gasteiger partial charge >= 0.3 is 5.69 Å². The molecule has 1 amide bonds. The molecular weight excluding hydrogens is 543 g/mol. The van der Waals surface area contributed by atoms with Crippen LogP contribution in [0.2, 0.25) is 0 Å². The molecule has 1 aromatic heterocycles. The van der Waals surface area contributed by atoms with Gasteiger partial charge in [0, 0.05) is 18.6 Å². The van der Waals surface area contributed by atoms with Gasteiger partial charge in [-0.15, -0.1) is 0 Å². The molecule has 12 heteroatoms. The minimum Gasteiger partial charge on any atom is -0.494 e. The van der Waals surface area contributed by atoms with Gasteiger partial charge in [0.1, 0.15) is 22.2 Å². The molecule has 9 nitrogen and oxygen atoms in total. The van der Waals surface area contributed by atoms with Crippen molar-refractivity contribution < 1.29 is 19.0 Å². The van der Waals surface area contributed by atoms with E-state index in [9.17, 15) is 23.9 Å². The molecule has 0 aliphatic carbocycles. The Morgan fingerprint density at radius 2 is 1.86 bits per heavy atom. The summed E-state index contributed by atoms with van der Waals surface area (Å²) in [5.74, 6) is -1.40. The maximum atomic E-state index is 14.1. The number of aromatic hydroxyl groups is 1. The fourth-order valence-corrected chi connectivity index (χ4v) is 4.16. The number of nitrogens with one attached hydrogen (secondary N) is 1. The second kappa shape index (κ2) is 11.4. The molecule has 0 saturated heterocycles. The van der Waals surface area contributed by atoms with Gasteiger partial charge < -0.3 is 15.2 Å². The number of hydrogen-bond acceptors (Lipinski definition) is 7. The van der Waals surface area contributed by atoms with Gasteiger partial charge in [-0.3, -0.25) is 18.7 Å². The van der Waals surface area contributed by atoms with E-state index >= 15 is 0 Å². The van der Waals surface area contributed by atoms with Gasteiger partial charge in [-0.2, -0.15) is 0 Å². The fourth-order valence-electron chi connectivity index (χ4n) is 2.99. The monoisotopic (exact) mass is 564 g/mol. The van der Waals surface area contributed by atoms with Crippen LogP contribution < -0.4 is 21.3 Å². The van der Waals surface area contributed by atoms with E-state index in [1.54, 1.807) is 30.3 Å². The lowest BCUT2D eigenvalue weighted by atomic mass is 10.3. The predicted molar refractivity (Wildman–Crippen MR) is 138 cm³/mol. The van der Waals surface area contributed by atoms with Gasteiger partial charge in [0.25, 0.3) is 5.56 Å². The molecule has 0 bridgehead atoms. The van der Waals surface area contributed by atoms with Crippen LogP contribution in [0.15, 0.2) is 61.5 Å². The Bertz CT molecular complexity index is 1400. The standard InChI is InChI=1S/C23H22BrFN4O5S/c1-4-34-15-8-6-14(7-9-15)26-20(19-21(31)28(2)23(33)29(3)22(19)32)35-12-18(30)27-17-10-5-13(24)11-16(17)25/h5-11,31H,4,12H2,1-3H3,(H,27,30). The van der Waals surface area contributed by atoms with E-state index < -0.39 is 28.9 Å². The molecule has 3 rings (SSSR count). The lowest BCUT2D eigenvalue weighted by Gasteiger charge is -2.13. The third kappa shape index (κ3) is 6.20. The van der Waals surface area contributed by atoms with Gasteiger partial charge in [0.05, 0.1) is 23.7 Å². The Morgan fingerprint density at radius 3 is 2.49 bits per heavy atom. The molecule has 2 N–H and O–H groups in total. The normalized spacial score (nSPS) is 11.4. The summed E-state index contributed by atoms with van der Waals surface area (Å²) in [6.07, 6.45) is 0. The van der Waals surface area contributed by atoms with Gasteiger partial charge in [0.2, 0.25) is 11.8 Å². The summed E-state index contributed by atoms with van der Waals surface area (Å²) < 4.78 is 21.8. The highest BCUT2D eigenvalue weighted by Gasteiger charge is 2.22. The molecule has 35 heavy (non-hydrogen) atoms. The molecule has 0 unspecified atom stereocenters. The molecule has 0 aliphatic rings. The number of hydrogen-bond donors (Lipinski definition) is 2. The molecule has 0 saturated carbocycles. The number of nitrogens with zero attached hydrogens (tertiary/aromatic N) is 3. The molecule has 2 aromatic carbocycles. The van der Waals surface area contributed by atoms with Crippen molar-refractivity contribution in [2.75, 3.05) is 17.7 Å². The van der Waals surface area contributed by atoms with Crippen molar-refractivity contribution in [3.8, 4) is 11.6 Å². The minimum atomic E-state index is -0.776. The van der Waals surface area contributed by atoms with Crippen LogP contribution in [0.5, 0.6) is 11.6 Å². The number of thioether (sulfide) groups is 1. The van der Waals surface area contributed by atoms with Gasteiger partial charge in [0.15, 0.2) is 0 Å². The maximum absolute atomic E-state index is 14.1. The first kappa shape index (κ1) is 26.2. The quantitative estimate of drug-likeness (QED) is 0.335. The summed E-state index contributed by atoms with van der Waals surface area (Å²) in [5.41, 5.74) is -1.32. The average molecular weight is 565 g/mol. The summed E-state index contributed by atoms with van der Waals surface area (Å²) in [6.45, 7) is 2.34. The second-order valence-corrected chi connectivity index (χ2v) is 9.09.